The predicted octanol–water partition coefficient (Wildman–Crippen LogP) is 8.34. The lowest BCUT2D eigenvalue weighted by Gasteiger charge is -2.07. The molecule has 5 aromatic heterocycles. The normalized spacial score (nSPS) is 13.0. The molecule has 0 aliphatic rings. The molecule has 0 bridgehead atoms. The van der Waals surface area contributed by atoms with E-state index in [1.54, 1.807) is 0 Å². The number of rotatable bonds is 0. The molecule has 6 nitrogen and oxygen atoms in total. The molecule has 0 amide bonds. The molecular weight excluding hydrogens is 494 g/mol. The van der Waals surface area contributed by atoms with Crippen molar-refractivity contribution in [1.82, 2.24) is 23.2 Å². The molecule has 0 saturated heterocycles. The third-order valence-corrected chi connectivity index (χ3v) is 8.75. The Kier molecular flexibility index (Phi) is 3.08. The molecule has 0 aliphatic heterocycles. The molecule has 0 saturated carbocycles. The van der Waals surface area contributed by atoms with Gasteiger partial charge in [0.05, 0.1) is 33.1 Å². The van der Waals surface area contributed by atoms with E-state index in [9.17, 15) is 0 Å². The Balaban J connectivity index is 1.40. The zero-order valence-electron chi connectivity index (χ0n) is 21.0. The summed E-state index contributed by atoms with van der Waals surface area (Å²) in [6.45, 7) is 0. The fourth-order valence-electron chi connectivity index (χ4n) is 7.14. The molecule has 6 aromatic carbocycles. The highest BCUT2D eigenvalue weighted by Crippen LogP contribution is 2.40. The molecule has 11 rings (SSSR count). The van der Waals surface area contributed by atoms with Crippen molar-refractivity contribution in [1.29, 1.82) is 0 Å². The van der Waals surface area contributed by atoms with Crippen LogP contribution in [-0.4, -0.2) is 23.2 Å². The van der Waals surface area contributed by atoms with Crippen molar-refractivity contribution in [3.05, 3.63) is 103 Å². The number of fused-ring (bicyclic) bond motifs is 18. The Bertz CT molecular complexity index is 2880. The highest BCUT2D eigenvalue weighted by molar-refractivity contribution is 6.25. The van der Waals surface area contributed by atoms with Gasteiger partial charge in [0.1, 0.15) is 16.7 Å². The zero-order chi connectivity index (χ0) is 25.7. The number of imidazole rings is 4. The van der Waals surface area contributed by atoms with Gasteiger partial charge in [-0.3, -0.25) is 8.80 Å². The summed E-state index contributed by atoms with van der Waals surface area (Å²) >= 11 is 0. The van der Waals surface area contributed by atoms with Gasteiger partial charge in [-0.15, -0.1) is 0 Å². The maximum Gasteiger partial charge on any atom is 0.223 e. The predicted molar refractivity (Wildman–Crippen MR) is 161 cm³/mol. The summed E-state index contributed by atoms with van der Waals surface area (Å²) in [5, 5.41) is 7.05. The molecule has 0 spiro atoms. The second-order valence-electron chi connectivity index (χ2n) is 10.7. The number of nitrogens with zero attached hydrogens (tertiary/aromatic N) is 5. The summed E-state index contributed by atoms with van der Waals surface area (Å²) < 4.78 is 13.0. The van der Waals surface area contributed by atoms with Crippen LogP contribution in [0.3, 0.4) is 0 Å². The average Bonchev–Trinajstić information content (AvgIpc) is 3.78. The summed E-state index contributed by atoms with van der Waals surface area (Å²) in [5.41, 5.74) is 9.24. The molecule has 6 heteroatoms. The lowest BCUT2D eigenvalue weighted by Crippen LogP contribution is -1.88. The van der Waals surface area contributed by atoms with Gasteiger partial charge in [0.2, 0.25) is 11.6 Å². The average molecular weight is 512 g/mol. The quantitative estimate of drug-likeness (QED) is 0.192. The van der Waals surface area contributed by atoms with Crippen LogP contribution >= 0.6 is 0 Å². The summed E-state index contributed by atoms with van der Waals surface area (Å²) in [6.07, 6.45) is 0. The summed E-state index contributed by atoms with van der Waals surface area (Å²) in [7, 11) is 0. The molecule has 0 atom stereocenters. The third-order valence-electron chi connectivity index (χ3n) is 8.75. The fraction of sp³-hybridized carbons (Fsp3) is 0. The van der Waals surface area contributed by atoms with Crippen LogP contribution in [-0.2, 0) is 0 Å². The van der Waals surface area contributed by atoms with Gasteiger partial charge in [0.15, 0.2) is 0 Å². The van der Waals surface area contributed by atoms with E-state index in [0.717, 1.165) is 77.5 Å². The van der Waals surface area contributed by atoms with Gasteiger partial charge in [-0.05, 0) is 35.0 Å². The van der Waals surface area contributed by atoms with Crippen molar-refractivity contribution in [3.8, 4) is 0 Å². The number of aromatic nitrogens is 5. The van der Waals surface area contributed by atoms with Crippen LogP contribution in [0.5, 0.6) is 0 Å². The standard InChI is InChI=1S/C34H17N5O/c1-3-11-21-18(8-1)19-9-2-4-12-22(19)31-30(21)36-34-38(31)26-14-7-13-25-32(26)39(34)33-35-24-17-29-23(16-27(24)37(25)33)20-10-5-6-15-28(20)40-29/h1-17H. The van der Waals surface area contributed by atoms with E-state index in [0.29, 0.717) is 0 Å². The Hall–Kier alpha value is -5.62. The molecule has 11 aromatic rings. The van der Waals surface area contributed by atoms with E-state index >= 15 is 0 Å². The summed E-state index contributed by atoms with van der Waals surface area (Å²) in [4.78, 5) is 10.5. The first-order valence-electron chi connectivity index (χ1n) is 13.4. The van der Waals surface area contributed by atoms with E-state index in [1.807, 2.05) is 12.1 Å². The molecule has 0 fully saturated rings. The maximum atomic E-state index is 6.19. The molecule has 0 aliphatic carbocycles. The highest BCUT2D eigenvalue weighted by atomic mass is 16.3. The minimum atomic E-state index is 0.853. The minimum Gasteiger partial charge on any atom is -0.456 e. The first kappa shape index (κ1) is 19.4. The first-order chi connectivity index (χ1) is 19.8. The van der Waals surface area contributed by atoms with Gasteiger partial charge in [-0.25, -0.2) is 14.4 Å². The molecule has 0 radical (unpaired) electrons. The van der Waals surface area contributed by atoms with E-state index in [1.165, 1.54) is 16.2 Å². The lowest BCUT2D eigenvalue weighted by molar-refractivity contribution is 0.669. The third kappa shape index (κ3) is 2.03. The molecule has 0 N–H and O–H groups in total. The second kappa shape index (κ2) is 6.33. The van der Waals surface area contributed by atoms with Gasteiger partial charge in [0.25, 0.3) is 0 Å². The molecule has 184 valence electrons. The maximum absolute atomic E-state index is 6.19. The van der Waals surface area contributed by atoms with E-state index in [2.05, 4.69) is 104 Å². The Labute approximate surface area is 224 Å². The Morgan fingerprint density at radius 1 is 0.450 bits per heavy atom. The van der Waals surface area contributed by atoms with Crippen molar-refractivity contribution < 1.29 is 4.42 Å². The first-order valence-corrected chi connectivity index (χ1v) is 13.4. The van der Waals surface area contributed by atoms with Crippen LogP contribution in [0.15, 0.2) is 108 Å². The van der Waals surface area contributed by atoms with Crippen LogP contribution in [0.4, 0.5) is 0 Å². The van der Waals surface area contributed by atoms with Gasteiger partial charge in [0, 0.05) is 27.6 Å². The number of hydrogen-bond donors (Lipinski definition) is 0. The van der Waals surface area contributed by atoms with Gasteiger partial charge >= 0.3 is 0 Å². The van der Waals surface area contributed by atoms with Crippen LogP contribution in [0.1, 0.15) is 0 Å². The largest absolute Gasteiger partial charge is 0.456 e. The van der Waals surface area contributed by atoms with Crippen LogP contribution in [0.25, 0.3) is 93.7 Å². The minimum absolute atomic E-state index is 0.853. The van der Waals surface area contributed by atoms with Crippen molar-refractivity contribution in [2.45, 2.75) is 0 Å². The van der Waals surface area contributed by atoms with Crippen LogP contribution in [0.2, 0.25) is 0 Å². The number of para-hydroxylation sites is 2. The lowest BCUT2D eigenvalue weighted by atomic mass is 10.00. The SMILES string of the molecule is c1ccc2c(c1)oc1cc3nc4n(c3cc12)c1cccc2c1n4c1nc3c4ccccc4c4ccccc4c3n21. The molecule has 40 heavy (non-hydrogen) atoms. The molecule has 0 unspecified atom stereocenters. The highest BCUT2D eigenvalue weighted by Gasteiger charge is 2.25. The summed E-state index contributed by atoms with van der Waals surface area (Å²) in [5.74, 6) is 1.74. The topological polar surface area (TPSA) is 52.2 Å². The van der Waals surface area contributed by atoms with Gasteiger partial charge < -0.3 is 4.42 Å². The van der Waals surface area contributed by atoms with Crippen molar-refractivity contribution >= 4 is 93.7 Å². The Morgan fingerprint density at radius 2 is 1.12 bits per heavy atom. The second-order valence-corrected chi connectivity index (χ2v) is 10.7. The number of benzene rings is 6. The van der Waals surface area contributed by atoms with E-state index in [-0.39, 0.29) is 0 Å². The van der Waals surface area contributed by atoms with Gasteiger partial charge in [-0.2, -0.15) is 0 Å². The Morgan fingerprint density at radius 3 is 1.98 bits per heavy atom. The molecular formula is C34H17N5O. The van der Waals surface area contributed by atoms with E-state index < -0.39 is 0 Å². The smallest absolute Gasteiger partial charge is 0.223 e. The zero-order valence-corrected chi connectivity index (χ0v) is 21.0. The van der Waals surface area contributed by atoms with Crippen molar-refractivity contribution in [3.63, 3.8) is 0 Å². The summed E-state index contributed by atoms with van der Waals surface area (Å²) in [6, 6.07) is 36.3. The van der Waals surface area contributed by atoms with E-state index in [4.69, 9.17) is 14.4 Å². The fourth-order valence-corrected chi connectivity index (χ4v) is 7.14. The van der Waals surface area contributed by atoms with Crippen molar-refractivity contribution in [2.24, 2.45) is 0 Å². The number of hydrogen-bond acceptors (Lipinski definition) is 3. The van der Waals surface area contributed by atoms with Gasteiger partial charge in [-0.1, -0.05) is 72.8 Å². The monoisotopic (exact) mass is 511 g/mol. The molecule has 5 heterocycles. The van der Waals surface area contributed by atoms with Crippen molar-refractivity contribution in [2.75, 3.05) is 0 Å². The number of furan rings is 1. The van der Waals surface area contributed by atoms with Crippen LogP contribution < -0.4 is 0 Å². The van der Waals surface area contributed by atoms with Crippen LogP contribution in [0, 0.1) is 0 Å².